The van der Waals surface area contributed by atoms with E-state index >= 15 is 0 Å². The SMILES string of the molecule is C=CC[N+](CC)(CC)CCOc1ccc(/C=C2\C[C@H]3[C@@H]4CC=C5C[C@@H](OC(C)=O)CC[C@]5(C)[C@H]4CC[C@]3(C)C2=O)cc1OC. The molecule has 0 saturated heterocycles. The average Bonchev–Trinajstić information content (AvgIpc) is 3.26. The number of ether oxygens (including phenoxy) is 3. The summed E-state index contributed by atoms with van der Waals surface area (Å²) in [4.78, 5) is 25.6. The van der Waals surface area contributed by atoms with Gasteiger partial charge in [0.2, 0.25) is 0 Å². The first-order valence-corrected chi connectivity index (χ1v) is 16.9. The molecule has 1 aromatic rings. The van der Waals surface area contributed by atoms with Crippen molar-refractivity contribution >= 4 is 17.8 Å². The molecule has 1 aromatic carbocycles. The van der Waals surface area contributed by atoms with E-state index in [9.17, 15) is 9.59 Å². The summed E-state index contributed by atoms with van der Waals surface area (Å²) in [6.45, 7) is 19.1. The van der Waals surface area contributed by atoms with Gasteiger partial charge < -0.3 is 18.7 Å². The van der Waals surface area contributed by atoms with E-state index in [-0.39, 0.29) is 22.9 Å². The molecule has 0 heterocycles. The molecule has 4 aliphatic carbocycles. The Morgan fingerprint density at radius 2 is 1.82 bits per heavy atom. The Balaban J connectivity index is 1.31. The van der Waals surface area contributed by atoms with Gasteiger partial charge in [-0.3, -0.25) is 9.59 Å². The Morgan fingerprint density at radius 3 is 2.50 bits per heavy atom. The zero-order valence-corrected chi connectivity index (χ0v) is 28.0. The summed E-state index contributed by atoms with van der Waals surface area (Å²) in [7, 11) is 1.68. The fourth-order valence-electron chi connectivity index (χ4n) is 9.37. The van der Waals surface area contributed by atoms with Crippen molar-refractivity contribution in [1.29, 1.82) is 0 Å². The van der Waals surface area contributed by atoms with Gasteiger partial charge in [0.1, 0.15) is 19.3 Å². The number of nitrogens with zero attached hydrogens (tertiary/aromatic N) is 1. The molecule has 0 bridgehead atoms. The van der Waals surface area contributed by atoms with Crippen molar-refractivity contribution in [1.82, 2.24) is 0 Å². The van der Waals surface area contributed by atoms with E-state index in [1.54, 1.807) is 7.11 Å². The van der Waals surface area contributed by atoms with Gasteiger partial charge in [-0.2, -0.15) is 0 Å². The van der Waals surface area contributed by atoms with Gasteiger partial charge >= 0.3 is 5.97 Å². The second kappa shape index (κ2) is 12.9. The lowest BCUT2D eigenvalue weighted by atomic mass is 9.48. The molecule has 0 unspecified atom stereocenters. The molecule has 6 nitrogen and oxygen atoms in total. The van der Waals surface area contributed by atoms with Gasteiger partial charge in [0.15, 0.2) is 17.3 Å². The summed E-state index contributed by atoms with van der Waals surface area (Å²) >= 11 is 0. The van der Waals surface area contributed by atoms with E-state index in [1.807, 2.05) is 18.2 Å². The average molecular weight is 605 g/mol. The van der Waals surface area contributed by atoms with Crippen molar-refractivity contribution in [2.45, 2.75) is 85.7 Å². The number of fused-ring (bicyclic) bond motifs is 5. The Bertz CT molecular complexity index is 1320. The molecule has 0 aliphatic heterocycles. The number of methoxy groups -OCH3 is 1. The first-order chi connectivity index (χ1) is 21.0. The normalized spacial score (nSPS) is 32.3. The molecule has 0 spiro atoms. The Kier molecular flexibility index (Phi) is 9.51. The number of carbonyl (C=O) groups excluding carboxylic acids is 2. The van der Waals surface area contributed by atoms with E-state index in [0.717, 1.165) is 92.5 Å². The van der Waals surface area contributed by atoms with Crippen LogP contribution < -0.4 is 9.47 Å². The zero-order valence-electron chi connectivity index (χ0n) is 28.0. The molecule has 44 heavy (non-hydrogen) atoms. The van der Waals surface area contributed by atoms with E-state index < -0.39 is 0 Å². The third kappa shape index (κ3) is 5.91. The topological polar surface area (TPSA) is 61.8 Å². The van der Waals surface area contributed by atoms with Crippen LogP contribution >= 0.6 is 0 Å². The molecule has 3 fully saturated rings. The van der Waals surface area contributed by atoms with Gasteiger partial charge in [0.05, 0.1) is 26.7 Å². The predicted molar refractivity (Wildman–Crippen MR) is 175 cm³/mol. The van der Waals surface area contributed by atoms with Gasteiger partial charge in [-0.25, -0.2) is 0 Å². The maximum Gasteiger partial charge on any atom is 0.302 e. The van der Waals surface area contributed by atoms with Crippen molar-refractivity contribution in [3.8, 4) is 11.5 Å². The van der Waals surface area contributed by atoms with Crippen LogP contribution in [-0.4, -0.2) is 62.2 Å². The molecule has 0 N–H and O–H groups in total. The minimum absolute atomic E-state index is 0.00580. The highest BCUT2D eigenvalue weighted by Gasteiger charge is 2.60. The van der Waals surface area contributed by atoms with E-state index in [4.69, 9.17) is 14.2 Å². The van der Waals surface area contributed by atoms with Gasteiger partial charge in [-0.15, -0.1) is 0 Å². The molecule has 6 heteroatoms. The molecular formula is C38H54NO5+. The second-order valence-corrected chi connectivity index (χ2v) is 14.3. The predicted octanol–water partition coefficient (Wildman–Crippen LogP) is 7.57. The number of Topliss-reactive ketones (excluding diaryl/α,β-unsaturated/α-hetero) is 1. The van der Waals surface area contributed by atoms with E-state index in [1.165, 1.54) is 12.5 Å². The lowest BCUT2D eigenvalue weighted by Gasteiger charge is -2.56. The molecule has 6 atom stereocenters. The maximum absolute atomic E-state index is 14.0. The molecule has 3 saturated carbocycles. The van der Waals surface area contributed by atoms with Crippen LogP contribution in [0.5, 0.6) is 11.5 Å². The standard InChI is InChI=1S/C38H54NO5/c1-8-19-39(9-2,10-3)20-21-43-34-14-11-27(23-35(34)42-7)22-28-24-33-31-13-12-29-25-30(44-26(4)40)15-17-37(29,5)32(31)16-18-38(33,6)36(28)41/h8,11-12,14,22-23,30-33H,1,9-10,13,15-21,24-25H2,2-7H3/q+1/b28-22+/t30-,31+,32-,33-,37-,38-/m0/s1. The van der Waals surface area contributed by atoms with Crippen LogP contribution in [-0.2, 0) is 14.3 Å². The fourth-order valence-corrected chi connectivity index (χ4v) is 9.37. The summed E-state index contributed by atoms with van der Waals surface area (Å²) in [5.74, 6) is 3.02. The van der Waals surface area contributed by atoms with Crippen molar-refractivity contribution in [3.05, 3.63) is 53.6 Å². The minimum atomic E-state index is -0.300. The molecule has 0 amide bonds. The van der Waals surface area contributed by atoms with Crippen LogP contribution in [0.2, 0.25) is 0 Å². The molecule has 5 rings (SSSR count). The van der Waals surface area contributed by atoms with Crippen molar-refractivity contribution in [3.63, 3.8) is 0 Å². The Hall–Kier alpha value is -2.86. The highest BCUT2D eigenvalue weighted by Crippen LogP contribution is 2.65. The molecule has 4 aliphatic rings. The monoisotopic (exact) mass is 604 g/mol. The third-order valence-electron chi connectivity index (χ3n) is 12.2. The maximum atomic E-state index is 14.0. The van der Waals surface area contributed by atoms with Gasteiger partial charge in [-0.1, -0.05) is 38.1 Å². The summed E-state index contributed by atoms with van der Waals surface area (Å²) in [6.07, 6.45) is 13.3. The third-order valence-corrected chi connectivity index (χ3v) is 12.2. The van der Waals surface area contributed by atoms with E-state index in [0.29, 0.717) is 35.9 Å². The van der Waals surface area contributed by atoms with Crippen LogP contribution in [0.1, 0.15) is 85.1 Å². The van der Waals surface area contributed by atoms with Crippen LogP contribution in [0.15, 0.2) is 48.1 Å². The highest BCUT2D eigenvalue weighted by atomic mass is 16.5. The van der Waals surface area contributed by atoms with Gasteiger partial charge in [0.25, 0.3) is 0 Å². The van der Waals surface area contributed by atoms with Crippen LogP contribution in [0.25, 0.3) is 6.08 Å². The largest absolute Gasteiger partial charge is 0.493 e. The zero-order chi connectivity index (χ0) is 31.7. The lowest BCUT2D eigenvalue weighted by molar-refractivity contribution is -0.919. The van der Waals surface area contributed by atoms with Gasteiger partial charge in [-0.05, 0) is 111 Å². The number of benzene rings is 1. The lowest BCUT2D eigenvalue weighted by Crippen LogP contribution is -2.50. The highest BCUT2D eigenvalue weighted by molar-refractivity contribution is 6.06. The summed E-state index contributed by atoms with van der Waals surface area (Å²) < 4.78 is 18.5. The number of quaternary nitrogens is 1. The number of hydrogen-bond acceptors (Lipinski definition) is 5. The van der Waals surface area contributed by atoms with Crippen molar-refractivity contribution in [2.75, 3.05) is 39.9 Å². The minimum Gasteiger partial charge on any atom is -0.493 e. The molecule has 0 radical (unpaired) electrons. The summed E-state index contributed by atoms with van der Waals surface area (Å²) in [6, 6.07) is 6.04. The Labute approximate surface area is 265 Å². The van der Waals surface area contributed by atoms with Crippen molar-refractivity contribution in [2.24, 2.45) is 28.6 Å². The Morgan fingerprint density at radius 1 is 1.07 bits per heavy atom. The number of rotatable bonds is 11. The number of allylic oxidation sites excluding steroid dienone is 2. The molecule has 240 valence electrons. The summed E-state index contributed by atoms with van der Waals surface area (Å²) in [5, 5.41) is 0. The molecule has 0 aromatic heterocycles. The van der Waals surface area contributed by atoms with Crippen LogP contribution in [0.4, 0.5) is 0 Å². The van der Waals surface area contributed by atoms with Crippen LogP contribution in [0.3, 0.4) is 0 Å². The van der Waals surface area contributed by atoms with Crippen LogP contribution in [0, 0.1) is 28.6 Å². The number of ketones is 1. The number of carbonyl (C=O) groups is 2. The first-order valence-electron chi connectivity index (χ1n) is 16.9. The number of hydrogen-bond donors (Lipinski definition) is 0. The smallest absolute Gasteiger partial charge is 0.302 e. The van der Waals surface area contributed by atoms with E-state index in [2.05, 4.69) is 52.5 Å². The van der Waals surface area contributed by atoms with Crippen molar-refractivity contribution < 1.29 is 28.3 Å². The van der Waals surface area contributed by atoms with Gasteiger partial charge in [0, 0.05) is 18.8 Å². The number of esters is 1. The number of likely N-dealkylation sites (N-methyl/N-ethyl adjacent to an activating group) is 1. The fraction of sp³-hybridized carbons (Fsp3) is 0.632. The summed E-state index contributed by atoms with van der Waals surface area (Å²) in [5.41, 5.74) is 3.24. The first kappa shape index (κ1) is 32.5. The molecular weight excluding hydrogens is 550 g/mol. The second-order valence-electron chi connectivity index (χ2n) is 14.3. The quantitative estimate of drug-likeness (QED) is 0.113.